The highest BCUT2D eigenvalue weighted by atomic mass is 32.2. The molecule has 0 aliphatic rings. The molecule has 0 saturated heterocycles. The van der Waals surface area contributed by atoms with Gasteiger partial charge in [-0.3, -0.25) is 4.79 Å². The van der Waals surface area contributed by atoms with E-state index in [-0.39, 0.29) is 10.8 Å². The highest BCUT2D eigenvalue weighted by Gasteiger charge is 2.22. The first kappa shape index (κ1) is 23.7. The highest BCUT2D eigenvalue weighted by Crippen LogP contribution is 2.23. The summed E-state index contributed by atoms with van der Waals surface area (Å²) >= 11 is 0. The first-order chi connectivity index (χ1) is 16.4. The summed E-state index contributed by atoms with van der Waals surface area (Å²) < 4.78 is 27.2. The molecule has 2 N–H and O–H groups in total. The van der Waals surface area contributed by atoms with Crippen molar-refractivity contribution >= 4 is 32.7 Å². The van der Waals surface area contributed by atoms with E-state index in [0.29, 0.717) is 24.3 Å². The molecule has 34 heavy (non-hydrogen) atoms. The van der Waals surface area contributed by atoms with E-state index in [0.717, 1.165) is 35.3 Å². The van der Waals surface area contributed by atoms with E-state index in [2.05, 4.69) is 15.3 Å². The Morgan fingerprint density at radius 2 is 1.68 bits per heavy atom. The number of benzene rings is 3. The Morgan fingerprint density at radius 3 is 2.32 bits per heavy atom. The van der Waals surface area contributed by atoms with Crippen LogP contribution in [-0.4, -0.2) is 41.7 Å². The van der Waals surface area contributed by atoms with Gasteiger partial charge in [0.25, 0.3) is 5.91 Å². The predicted molar refractivity (Wildman–Crippen MR) is 135 cm³/mol. The molecule has 8 heteroatoms. The van der Waals surface area contributed by atoms with Gasteiger partial charge in [-0.2, -0.15) is 4.31 Å². The lowest BCUT2D eigenvalue weighted by molar-refractivity contribution is 0.102. The number of amides is 1. The first-order valence-electron chi connectivity index (χ1n) is 11.4. The fraction of sp³-hybridized carbons (Fsp3) is 0.231. The largest absolute Gasteiger partial charge is 0.338 e. The topological polar surface area (TPSA) is 95.2 Å². The third-order valence-electron chi connectivity index (χ3n) is 5.67. The molecule has 0 aliphatic carbocycles. The number of imidazole rings is 1. The minimum atomic E-state index is -3.57. The maximum Gasteiger partial charge on any atom is 0.255 e. The molecule has 0 bridgehead atoms. The van der Waals surface area contributed by atoms with Crippen molar-refractivity contribution in [2.24, 2.45) is 0 Å². The van der Waals surface area contributed by atoms with Crippen LogP contribution in [-0.2, 0) is 10.0 Å². The Balaban J connectivity index is 1.44. The van der Waals surface area contributed by atoms with Crippen molar-refractivity contribution in [1.29, 1.82) is 0 Å². The van der Waals surface area contributed by atoms with Crippen LogP contribution < -0.4 is 5.32 Å². The lowest BCUT2D eigenvalue weighted by Gasteiger charge is -2.20. The van der Waals surface area contributed by atoms with Crippen LogP contribution in [0, 0.1) is 0 Å². The number of unbranched alkanes of at least 4 members (excludes halogenated alkanes) is 1. The number of hydrogen-bond acceptors (Lipinski definition) is 4. The second kappa shape index (κ2) is 10.2. The number of aromatic amines is 1. The van der Waals surface area contributed by atoms with Gasteiger partial charge in [-0.1, -0.05) is 32.4 Å². The summed E-state index contributed by atoms with van der Waals surface area (Å²) in [6.07, 6.45) is 1.73. The summed E-state index contributed by atoms with van der Waals surface area (Å²) in [5.41, 5.74) is 3.79. The molecular weight excluding hydrogens is 448 g/mol. The Kier molecular flexibility index (Phi) is 7.09. The number of nitrogens with one attached hydrogen (secondary N) is 2. The van der Waals surface area contributed by atoms with Crippen LogP contribution in [0.3, 0.4) is 0 Å². The maximum atomic E-state index is 12.9. The molecule has 0 radical (unpaired) electrons. The van der Waals surface area contributed by atoms with E-state index in [4.69, 9.17) is 0 Å². The van der Waals surface area contributed by atoms with Gasteiger partial charge < -0.3 is 10.3 Å². The smallest absolute Gasteiger partial charge is 0.255 e. The Morgan fingerprint density at radius 1 is 0.971 bits per heavy atom. The van der Waals surface area contributed by atoms with Gasteiger partial charge in [0.2, 0.25) is 10.0 Å². The molecule has 0 unspecified atom stereocenters. The van der Waals surface area contributed by atoms with Gasteiger partial charge in [-0.15, -0.1) is 0 Å². The Labute approximate surface area is 199 Å². The minimum absolute atomic E-state index is 0.192. The number of hydrogen-bond donors (Lipinski definition) is 2. The molecule has 4 aromatic rings. The third kappa shape index (κ3) is 5.03. The zero-order valence-corrected chi connectivity index (χ0v) is 20.1. The lowest BCUT2D eigenvalue weighted by atomic mass is 10.1. The number of carbonyl (C=O) groups excluding carboxylic acids is 1. The molecule has 1 aromatic heterocycles. The minimum Gasteiger partial charge on any atom is -0.338 e. The number of H-pyrrole nitrogens is 1. The Bertz CT molecular complexity index is 1340. The average molecular weight is 477 g/mol. The number of aromatic nitrogens is 2. The zero-order chi connectivity index (χ0) is 24.1. The van der Waals surface area contributed by atoms with E-state index >= 15 is 0 Å². The summed E-state index contributed by atoms with van der Waals surface area (Å²) in [4.78, 5) is 20.8. The van der Waals surface area contributed by atoms with Crippen LogP contribution in [0.2, 0.25) is 0 Å². The highest BCUT2D eigenvalue weighted by molar-refractivity contribution is 7.89. The lowest BCUT2D eigenvalue weighted by Crippen LogP contribution is -2.31. The zero-order valence-electron chi connectivity index (χ0n) is 19.3. The second-order valence-corrected chi connectivity index (χ2v) is 9.95. The fourth-order valence-corrected chi connectivity index (χ4v) is 5.20. The molecule has 7 nitrogen and oxygen atoms in total. The van der Waals surface area contributed by atoms with Gasteiger partial charge >= 0.3 is 0 Å². The summed E-state index contributed by atoms with van der Waals surface area (Å²) in [5.74, 6) is 0.453. The Hall–Kier alpha value is -3.49. The van der Waals surface area contributed by atoms with Crippen molar-refractivity contribution in [2.45, 2.75) is 31.6 Å². The number of fused-ring (bicyclic) bond motifs is 1. The van der Waals surface area contributed by atoms with Gasteiger partial charge in [-0.05, 0) is 67.1 Å². The van der Waals surface area contributed by atoms with Crippen molar-refractivity contribution in [1.82, 2.24) is 14.3 Å². The van der Waals surface area contributed by atoms with Crippen LogP contribution in [0.1, 0.15) is 37.0 Å². The van der Waals surface area contributed by atoms with Crippen molar-refractivity contribution < 1.29 is 13.2 Å². The van der Waals surface area contributed by atoms with E-state index < -0.39 is 10.0 Å². The van der Waals surface area contributed by atoms with E-state index in [9.17, 15) is 13.2 Å². The molecule has 176 valence electrons. The van der Waals surface area contributed by atoms with Crippen molar-refractivity contribution in [2.75, 3.05) is 18.4 Å². The number of sulfonamides is 1. The fourth-order valence-electron chi connectivity index (χ4n) is 3.71. The molecule has 0 fully saturated rings. The second-order valence-electron chi connectivity index (χ2n) is 8.01. The van der Waals surface area contributed by atoms with E-state index in [1.165, 1.54) is 16.4 Å². The summed E-state index contributed by atoms with van der Waals surface area (Å²) in [6, 6.07) is 21.3. The molecule has 3 aromatic carbocycles. The predicted octanol–water partition coefficient (Wildman–Crippen LogP) is 5.29. The molecule has 0 saturated carbocycles. The molecule has 0 spiro atoms. The summed E-state index contributed by atoms with van der Waals surface area (Å²) in [5, 5.41) is 2.85. The number of anilines is 1. The summed E-state index contributed by atoms with van der Waals surface area (Å²) in [6.45, 7) is 4.75. The molecule has 1 amide bonds. The average Bonchev–Trinajstić information content (AvgIpc) is 3.29. The molecule has 4 rings (SSSR count). The van der Waals surface area contributed by atoms with Crippen LogP contribution in [0.25, 0.3) is 22.4 Å². The van der Waals surface area contributed by atoms with Crippen molar-refractivity contribution in [3.8, 4) is 11.4 Å². The van der Waals surface area contributed by atoms with Gasteiger partial charge in [0.15, 0.2) is 0 Å². The number of nitrogens with zero attached hydrogens (tertiary/aromatic N) is 2. The quantitative estimate of drug-likeness (QED) is 0.343. The molecule has 0 atom stereocenters. The first-order valence-corrected chi connectivity index (χ1v) is 12.8. The molecule has 0 aliphatic heterocycles. The maximum absolute atomic E-state index is 12.9. The third-order valence-corrected chi connectivity index (χ3v) is 7.66. The number of para-hydroxylation sites is 2. The molecular formula is C26H28N4O3S. The monoisotopic (exact) mass is 476 g/mol. The van der Waals surface area contributed by atoms with Crippen LogP contribution >= 0.6 is 0 Å². The SMILES string of the molecule is CCCCN(CC)S(=O)(=O)c1ccc(C(=O)Nc2ccc(-c3nc4ccccc4[nH]3)cc2)cc1. The van der Waals surface area contributed by atoms with Gasteiger partial charge in [0.05, 0.1) is 15.9 Å². The normalized spacial score (nSPS) is 11.7. The van der Waals surface area contributed by atoms with Gasteiger partial charge in [0.1, 0.15) is 5.82 Å². The van der Waals surface area contributed by atoms with Crippen LogP contribution in [0.15, 0.2) is 77.7 Å². The van der Waals surface area contributed by atoms with Crippen molar-refractivity contribution in [3.05, 3.63) is 78.4 Å². The number of carbonyl (C=O) groups is 1. The van der Waals surface area contributed by atoms with Gasteiger partial charge in [-0.25, -0.2) is 13.4 Å². The van der Waals surface area contributed by atoms with E-state index in [1.54, 1.807) is 12.1 Å². The van der Waals surface area contributed by atoms with Crippen molar-refractivity contribution in [3.63, 3.8) is 0 Å². The van der Waals surface area contributed by atoms with E-state index in [1.807, 2.05) is 62.4 Å². The van der Waals surface area contributed by atoms with Crippen LogP contribution in [0.5, 0.6) is 0 Å². The molecule has 1 heterocycles. The van der Waals surface area contributed by atoms with Gasteiger partial charge in [0, 0.05) is 29.9 Å². The standard InChI is InChI=1S/C26H28N4O3S/c1-3-5-18-30(4-2)34(32,33)22-16-12-20(13-17-22)26(31)27-21-14-10-19(11-15-21)25-28-23-8-6-7-9-24(23)29-25/h6-17H,3-5,18H2,1-2H3,(H,27,31)(H,28,29). The van der Waals surface area contributed by atoms with Crippen LogP contribution in [0.4, 0.5) is 5.69 Å². The summed E-state index contributed by atoms with van der Waals surface area (Å²) in [7, 11) is -3.57. The number of rotatable bonds is 9.